The monoisotopic (exact) mass is 425 g/mol. The van der Waals surface area contributed by atoms with Crippen molar-refractivity contribution in [2.24, 2.45) is 0 Å². The molecule has 1 amide bonds. The second-order valence-electron chi connectivity index (χ2n) is 8.03. The molecule has 156 valence electrons. The Balaban J connectivity index is 1.20. The van der Waals surface area contributed by atoms with Crippen LogP contribution in [0.4, 0.5) is 15.8 Å². The third kappa shape index (κ3) is 3.80. The van der Waals surface area contributed by atoms with Crippen molar-refractivity contribution in [3.8, 4) is 0 Å². The summed E-state index contributed by atoms with van der Waals surface area (Å²) in [4.78, 5) is 16.4. The molecule has 5 nitrogen and oxygen atoms in total. The Kier molecular flexibility index (Phi) is 5.18. The molecule has 1 aromatic heterocycles. The van der Waals surface area contributed by atoms with Gasteiger partial charge in [-0.05, 0) is 41.6 Å². The topological polar surface area (TPSA) is 55.8 Å². The number of benzene rings is 2. The van der Waals surface area contributed by atoms with Crippen molar-refractivity contribution in [2.45, 2.75) is 18.9 Å². The number of hydrogen-bond donors (Lipinski definition) is 2. The summed E-state index contributed by atoms with van der Waals surface area (Å²) in [5.74, 6) is -0.313. The molecule has 3 heterocycles. The summed E-state index contributed by atoms with van der Waals surface area (Å²) in [7, 11) is 0. The van der Waals surface area contributed by atoms with Gasteiger partial charge in [0.25, 0.3) is 0 Å². The number of piperazine rings is 1. The molecule has 0 saturated carbocycles. The van der Waals surface area contributed by atoms with Crippen LogP contribution in [0.3, 0.4) is 0 Å². The number of thiophene rings is 1. The van der Waals surface area contributed by atoms with Crippen molar-refractivity contribution < 1.29 is 14.3 Å². The third-order valence-corrected chi connectivity index (χ3v) is 6.94. The third-order valence-electron chi connectivity index (χ3n) is 6.07. The fourth-order valence-electron chi connectivity index (χ4n) is 4.43. The van der Waals surface area contributed by atoms with Crippen LogP contribution in [0.25, 0.3) is 10.1 Å². The first-order valence-electron chi connectivity index (χ1n) is 10.3. The number of halogens is 1. The van der Waals surface area contributed by atoms with Gasteiger partial charge in [0, 0.05) is 59.7 Å². The molecule has 1 saturated heterocycles. The van der Waals surface area contributed by atoms with Crippen molar-refractivity contribution in [3.05, 3.63) is 58.7 Å². The molecule has 1 fully saturated rings. The first-order valence-corrected chi connectivity index (χ1v) is 11.2. The molecule has 0 radical (unpaired) electrons. The van der Waals surface area contributed by atoms with Gasteiger partial charge in [-0.1, -0.05) is 12.1 Å². The highest BCUT2D eigenvalue weighted by Crippen LogP contribution is 2.33. The summed E-state index contributed by atoms with van der Waals surface area (Å²) in [5.41, 5.74) is 3.67. The number of aliphatic hydroxyl groups excluding tert-OH is 1. The zero-order valence-corrected chi connectivity index (χ0v) is 17.4. The maximum Gasteiger partial charge on any atom is 0.227 e. The molecular weight excluding hydrogens is 401 g/mol. The van der Waals surface area contributed by atoms with Crippen LogP contribution in [0.1, 0.15) is 23.7 Å². The lowest BCUT2D eigenvalue weighted by molar-refractivity contribution is -0.118. The van der Waals surface area contributed by atoms with Crippen LogP contribution in [0, 0.1) is 5.82 Å². The predicted octanol–water partition coefficient (Wildman–Crippen LogP) is 3.78. The minimum absolute atomic E-state index is 0.125. The number of carbonyl (C=O) groups excluding carboxylic acids is 1. The zero-order chi connectivity index (χ0) is 20.7. The van der Waals surface area contributed by atoms with Crippen LogP contribution >= 0.6 is 11.3 Å². The van der Waals surface area contributed by atoms with Gasteiger partial charge >= 0.3 is 0 Å². The van der Waals surface area contributed by atoms with Crippen LogP contribution in [0.2, 0.25) is 0 Å². The van der Waals surface area contributed by atoms with Gasteiger partial charge in [-0.3, -0.25) is 9.69 Å². The Morgan fingerprint density at radius 1 is 1.13 bits per heavy atom. The normalized spacial score (nSPS) is 19.7. The van der Waals surface area contributed by atoms with E-state index >= 15 is 0 Å². The standard InChI is InChI=1S/C23H24FN3O2S/c24-16-12-20(18-4-10-30-22(18)13-16)27-8-6-26(7-9-27)5-3-15-1-2-17-19(11-15)25-23(29)14-21(17)28/h1-2,4,10-13,21,28H,3,5-9,14H2,(H,25,29). The molecule has 2 N–H and O–H groups in total. The molecular formula is C23H24FN3O2S. The first kappa shape index (κ1) is 19.5. The van der Waals surface area contributed by atoms with Gasteiger partial charge in [-0.15, -0.1) is 11.3 Å². The summed E-state index contributed by atoms with van der Waals surface area (Å²) in [6.45, 7) is 4.55. The summed E-state index contributed by atoms with van der Waals surface area (Å²) in [5, 5.41) is 16.1. The van der Waals surface area contributed by atoms with Gasteiger partial charge in [0.15, 0.2) is 0 Å². The maximum atomic E-state index is 14.0. The predicted molar refractivity (Wildman–Crippen MR) is 119 cm³/mol. The molecule has 2 aliphatic rings. The van der Waals surface area contributed by atoms with E-state index in [1.807, 2.05) is 23.6 Å². The summed E-state index contributed by atoms with van der Waals surface area (Å²) < 4.78 is 15.0. The van der Waals surface area contributed by atoms with Crippen LogP contribution in [-0.4, -0.2) is 48.6 Å². The molecule has 30 heavy (non-hydrogen) atoms. The number of aliphatic hydroxyl groups is 1. The fraction of sp³-hybridized carbons (Fsp3) is 0.348. The van der Waals surface area contributed by atoms with E-state index in [2.05, 4.69) is 21.2 Å². The quantitative estimate of drug-likeness (QED) is 0.668. The highest BCUT2D eigenvalue weighted by Gasteiger charge is 2.24. The largest absolute Gasteiger partial charge is 0.388 e. The van der Waals surface area contributed by atoms with Crippen molar-refractivity contribution in [1.82, 2.24) is 4.90 Å². The molecule has 3 aromatic rings. The minimum Gasteiger partial charge on any atom is -0.388 e. The number of amides is 1. The number of nitrogens with one attached hydrogen (secondary N) is 1. The molecule has 2 aliphatic heterocycles. The smallest absolute Gasteiger partial charge is 0.227 e. The van der Waals surface area contributed by atoms with Crippen LogP contribution in [-0.2, 0) is 11.2 Å². The summed E-state index contributed by atoms with van der Waals surface area (Å²) in [6.07, 6.45) is 0.293. The molecule has 7 heteroatoms. The van der Waals surface area contributed by atoms with Gasteiger partial charge in [0.1, 0.15) is 5.82 Å². The van der Waals surface area contributed by atoms with E-state index in [4.69, 9.17) is 0 Å². The lowest BCUT2D eigenvalue weighted by atomic mass is 9.97. The van der Waals surface area contributed by atoms with Crippen LogP contribution in [0.15, 0.2) is 41.8 Å². The Morgan fingerprint density at radius 3 is 2.80 bits per heavy atom. The average molecular weight is 426 g/mol. The van der Waals surface area contributed by atoms with E-state index < -0.39 is 6.10 Å². The Morgan fingerprint density at radius 2 is 1.97 bits per heavy atom. The van der Waals surface area contributed by atoms with E-state index in [1.165, 1.54) is 0 Å². The van der Waals surface area contributed by atoms with Crippen molar-refractivity contribution in [2.75, 3.05) is 42.9 Å². The molecule has 0 bridgehead atoms. The number of carbonyl (C=O) groups is 1. The first-order chi connectivity index (χ1) is 14.6. The molecule has 1 atom stereocenters. The van der Waals surface area contributed by atoms with E-state index in [0.717, 1.165) is 71.7 Å². The van der Waals surface area contributed by atoms with Gasteiger partial charge in [0.2, 0.25) is 5.91 Å². The van der Waals surface area contributed by atoms with E-state index in [0.29, 0.717) is 0 Å². The zero-order valence-electron chi connectivity index (χ0n) is 16.6. The van der Waals surface area contributed by atoms with Crippen LogP contribution < -0.4 is 10.2 Å². The summed E-state index contributed by atoms with van der Waals surface area (Å²) >= 11 is 1.58. The number of fused-ring (bicyclic) bond motifs is 2. The lowest BCUT2D eigenvalue weighted by Crippen LogP contribution is -2.47. The van der Waals surface area contributed by atoms with Gasteiger partial charge < -0.3 is 15.3 Å². The molecule has 2 aromatic carbocycles. The average Bonchev–Trinajstić information content (AvgIpc) is 3.20. The number of anilines is 2. The molecule has 1 unspecified atom stereocenters. The van der Waals surface area contributed by atoms with Gasteiger partial charge in [0.05, 0.1) is 12.5 Å². The lowest BCUT2D eigenvalue weighted by Gasteiger charge is -2.36. The number of hydrogen-bond acceptors (Lipinski definition) is 5. The Hall–Kier alpha value is -2.48. The molecule has 5 rings (SSSR count). The molecule has 0 spiro atoms. The van der Waals surface area contributed by atoms with Crippen molar-refractivity contribution in [3.63, 3.8) is 0 Å². The van der Waals surface area contributed by atoms with E-state index in [9.17, 15) is 14.3 Å². The number of nitrogens with zero attached hydrogens (tertiary/aromatic N) is 2. The van der Waals surface area contributed by atoms with Crippen LogP contribution in [0.5, 0.6) is 0 Å². The van der Waals surface area contributed by atoms with Gasteiger partial charge in [-0.25, -0.2) is 4.39 Å². The van der Waals surface area contributed by atoms with E-state index in [1.54, 1.807) is 23.5 Å². The minimum atomic E-state index is -0.714. The SMILES string of the molecule is O=C1CC(O)c2ccc(CCN3CCN(c4cc(F)cc5sccc45)CC3)cc2N1. The molecule has 0 aliphatic carbocycles. The number of rotatable bonds is 4. The van der Waals surface area contributed by atoms with Gasteiger partial charge in [-0.2, -0.15) is 0 Å². The Labute approximate surface area is 178 Å². The maximum absolute atomic E-state index is 14.0. The highest BCUT2D eigenvalue weighted by atomic mass is 32.1. The summed E-state index contributed by atoms with van der Waals surface area (Å²) in [6, 6.07) is 11.3. The second-order valence-corrected chi connectivity index (χ2v) is 8.97. The van der Waals surface area contributed by atoms with Crippen molar-refractivity contribution in [1.29, 1.82) is 0 Å². The highest BCUT2D eigenvalue weighted by molar-refractivity contribution is 7.17. The second kappa shape index (κ2) is 7.98. The fourth-order valence-corrected chi connectivity index (χ4v) is 5.26. The van der Waals surface area contributed by atoms with E-state index in [-0.39, 0.29) is 18.1 Å². The van der Waals surface area contributed by atoms with Crippen molar-refractivity contribution >= 4 is 38.7 Å². The Bertz CT molecular complexity index is 1090.